The van der Waals surface area contributed by atoms with Crippen LogP contribution in [0.15, 0.2) is 12.4 Å². The van der Waals surface area contributed by atoms with Gasteiger partial charge in [-0.1, -0.05) is 6.42 Å². The van der Waals surface area contributed by atoms with Gasteiger partial charge < -0.3 is 10.6 Å². The fourth-order valence-electron chi connectivity index (χ4n) is 3.84. The van der Waals surface area contributed by atoms with Crippen LogP contribution in [0.1, 0.15) is 50.1 Å². The SMILES string of the molecule is NC[C@H]1CCC[C@H]1C(=O)N1CCCCC1c1cn[nH]c1. The summed E-state index contributed by atoms with van der Waals surface area (Å²) >= 11 is 0. The van der Waals surface area contributed by atoms with Crippen LogP contribution in [0.4, 0.5) is 0 Å². The number of H-pyrrole nitrogens is 1. The molecule has 1 aliphatic carbocycles. The van der Waals surface area contributed by atoms with E-state index >= 15 is 0 Å². The first-order valence-corrected chi connectivity index (χ1v) is 7.80. The Balaban J connectivity index is 1.77. The third kappa shape index (κ3) is 2.46. The summed E-state index contributed by atoms with van der Waals surface area (Å²) in [4.78, 5) is 15.0. The Labute approximate surface area is 119 Å². The number of hydrogen-bond donors (Lipinski definition) is 2. The molecule has 1 saturated carbocycles. The van der Waals surface area contributed by atoms with Crippen molar-refractivity contribution in [3.8, 4) is 0 Å². The number of hydrogen-bond acceptors (Lipinski definition) is 3. The van der Waals surface area contributed by atoms with Crippen molar-refractivity contribution in [1.82, 2.24) is 15.1 Å². The van der Waals surface area contributed by atoms with Gasteiger partial charge in [-0.25, -0.2) is 0 Å². The molecule has 1 aromatic rings. The van der Waals surface area contributed by atoms with Crippen molar-refractivity contribution < 1.29 is 4.79 Å². The number of nitrogens with one attached hydrogen (secondary N) is 1. The molecule has 3 atom stereocenters. The molecule has 0 spiro atoms. The summed E-state index contributed by atoms with van der Waals surface area (Å²) in [7, 11) is 0. The van der Waals surface area contributed by atoms with Crippen molar-refractivity contribution in [1.29, 1.82) is 0 Å². The van der Waals surface area contributed by atoms with Gasteiger partial charge in [-0.05, 0) is 44.6 Å². The lowest BCUT2D eigenvalue weighted by atomic mass is 9.91. The van der Waals surface area contributed by atoms with E-state index in [0.29, 0.717) is 18.4 Å². The van der Waals surface area contributed by atoms with Crippen molar-refractivity contribution in [2.75, 3.05) is 13.1 Å². The molecule has 1 aromatic heterocycles. The topological polar surface area (TPSA) is 75.0 Å². The third-order valence-electron chi connectivity index (χ3n) is 4.97. The lowest BCUT2D eigenvalue weighted by molar-refractivity contribution is -0.140. The van der Waals surface area contributed by atoms with Gasteiger partial charge in [-0.3, -0.25) is 9.89 Å². The number of aromatic amines is 1. The number of amides is 1. The molecule has 2 heterocycles. The Morgan fingerprint density at radius 3 is 3.00 bits per heavy atom. The zero-order valence-corrected chi connectivity index (χ0v) is 11.9. The number of likely N-dealkylation sites (tertiary alicyclic amines) is 1. The van der Waals surface area contributed by atoms with Crippen LogP contribution in [0.3, 0.4) is 0 Å². The maximum Gasteiger partial charge on any atom is 0.226 e. The molecule has 3 rings (SSSR count). The van der Waals surface area contributed by atoms with Gasteiger partial charge in [0, 0.05) is 24.2 Å². The Morgan fingerprint density at radius 2 is 2.25 bits per heavy atom. The normalized spacial score (nSPS) is 30.6. The van der Waals surface area contributed by atoms with E-state index in [1.165, 1.54) is 6.42 Å². The van der Waals surface area contributed by atoms with Crippen LogP contribution < -0.4 is 5.73 Å². The van der Waals surface area contributed by atoms with Gasteiger partial charge in [0.1, 0.15) is 0 Å². The molecule has 0 bridgehead atoms. The van der Waals surface area contributed by atoms with Gasteiger partial charge in [0.05, 0.1) is 12.2 Å². The Hall–Kier alpha value is -1.36. The molecule has 110 valence electrons. The Bertz CT molecular complexity index is 445. The van der Waals surface area contributed by atoms with Crippen molar-refractivity contribution in [3.05, 3.63) is 18.0 Å². The summed E-state index contributed by atoms with van der Waals surface area (Å²) in [5.41, 5.74) is 6.97. The van der Waals surface area contributed by atoms with Gasteiger partial charge in [-0.2, -0.15) is 5.10 Å². The predicted octanol–water partition coefficient (Wildman–Crippen LogP) is 1.84. The smallest absolute Gasteiger partial charge is 0.226 e. The highest BCUT2D eigenvalue weighted by Crippen LogP contribution is 2.37. The first kappa shape index (κ1) is 13.6. The van der Waals surface area contributed by atoms with Crippen LogP contribution in [0, 0.1) is 11.8 Å². The van der Waals surface area contributed by atoms with E-state index in [2.05, 4.69) is 15.1 Å². The average Bonchev–Trinajstić information content (AvgIpc) is 3.17. The summed E-state index contributed by atoms with van der Waals surface area (Å²) < 4.78 is 0. The van der Waals surface area contributed by atoms with Gasteiger partial charge in [0.25, 0.3) is 0 Å². The van der Waals surface area contributed by atoms with Crippen LogP contribution in [-0.2, 0) is 4.79 Å². The number of carbonyl (C=O) groups excluding carboxylic acids is 1. The van der Waals surface area contributed by atoms with Crippen LogP contribution in [0.5, 0.6) is 0 Å². The highest BCUT2D eigenvalue weighted by Gasteiger charge is 2.38. The van der Waals surface area contributed by atoms with Crippen LogP contribution >= 0.6 is 0 Å². The van der Waals surface area contributed by atoms with E-state index in [-0.39, 0.29) is 12.0 Å². The van der Waals surface area contributed by atoms with Crippen molar-refractivity contribution >= 4 is 5.91 Å². The van der Waals surface area contributed by atoms with Crippen molar-refractivity contribution in [2.45, 2.75) is 44.6 Å². The molecule has 3 N–H and O–H groups in total. The molecule has 1 saturated heterocycles. The summed E-state index contributed by atoms with van der Waals surface area (Å²) in [6.45, 7) is 1.52. The van der Waals surface area contributed by atoms with E-state index < -0.39 is 0 Å². The molecule has 2 fully saturated rings. The maximum absolute atomic E-state index is 12.9. The average molecular weight is 276 g/mol. The monoisotopic (exact) mass is 276 g/mol. The first-order valence-electron chi connectivity index (χ1n) is 7.80. The molecule has 5 heteroatoms. The molecule has 0 aromatic carbocycles. The number of aromatic nitrogens is 2. The summed E-state index contributed by atoms with van der Waals surface area (Å²) in [5, 5.41) is 6.90. The second-order valence-electron chi connectivity index (χ2n) is 6.11. The van der Waals surface area contributed by atoms with Gasteiger partial charge in [0.2, 0.25) is 5.91 Å². The minimum absolute atomic E-state index is 0.146. The largest absolute Gasteiger partial charge is 0.335 e. The van der Waals surface area contributed by atoms with Gasteiger partial charge >= 0.3 is 0 Å². The molecule has 1 aliphatic heterocycles. The van der Waals surface area contributed by atoms with Gasteiger partial charge in [0.15, 0.2) is 0 Å². The lowest BCUT2D eigenvalue weighted by Gasteiger charge is -2.37. The predicted molar refractivity (Wildman–Crippen MR) is 76.8 cm³/mol. The fraction of sp³-hybridized carbons (Fsp3) is 0.733. The molecular weight excluding hydrogens is 252 g/mol. The molecule has 1 unspecified atom stereocenters. The minimum Gasteiger partial charge on any atom is -0.335 e. The summed E-state index contributed by atoms with van der Waals surface area (Å²) in [5.74, 6) is 0.853. The Kier molecular flexibility index (Phi) is 4.05. The molecule has 2 aliphatic rings. The lowest BCUT2D eigenvalue weighted by Crippen LogP contribution is -2.43. The summed E-state index contributed by atoms with van der Waals surface area (Å²) in [6, 6.07) is 0.203. The quantitative estimate of drug-likeness (QED) is 0.884. The minimum atomic E-state index is 0.146. The Morgan fingerprint density at radius 1 is 1.35 bits per heavy atom. The number of nitrogens with zero attached hydrogens (tertiary/aromatic N) is 2. The highest BCUT2D eigenvalue weighted by atomic mass is 16.2. The van der Waals surface area contributed by atoms with Crippen molar-refractivity contribution in [2.24, 2.45) is 17.6 Å². The van der Waals surface area contributed by atoms with E-state index in [1.54, 1.807) is 0 Å². The number of carbonyl (C=O) groups is 1. The third-order valence-corrected chi connectivity index (χ3v) is 4.97. The highest BCUT2D eigenvalue weighted by molar-refractivity contribution is 5.80. The van der Waals surface area contributed by atoms with E-state index in [9.17, 15) is 4.79 Å². The molecule has 1 amide bonds. The number of rotatable bonds is 3. The van der Waals surface area contributed by atoms with Gasteiger partial charge in [-0.15, -0.1) is 0 Å². The fourth-order valence-corrected chi connectivity index (χ4v) is 3.84. The van der Waals surface area contributed by atoms with E-state index in [1.807, 2.05) is 12.4 Å². The van der Waals surface area contributed by atoms with Crippen LogP contribution in [0.2, 0.25) is 0 Å². The standard InChI is InChI=1S/C15H24N4O/c16-8-11-4-3-5-13(11)15(20)19-7-2-1-6-14(19)12-9-17-18-10-12/h9-11,13-14H,1-8,16H2,(H,17,18)/t11-,13-,14?/m1/s1. The maximum atomic E-state index is 12.9. The second-order valence-corrected chi connectivity index (χ2v) is 6.11. The van der Waals surface area contributed by atoms with Crippen LogP contribution in [0.25, 0.3) is 0 Å². The second kappa shape index (κ2) is 5.95. The molecular formula is C15H24N4O. The number of nitrogens with two attached hydrogens (primary N) is 1. The van der Waals surface area contributed by atoms with E-state index in [4.69, 9.17) is 5.73 Å². The van der Waals surface area contributed by atoms with E-state index in [0.717, 1.165) is 44.2 Å². The number of piperidine rings is 1. The summed E-state index contributed by atoms with van der Waals surface area (Å²) in [6.07, 6.45) is 10.4. The first-order chi connectivity index (χ1) is 9.81. The molecule has 5 nitrogen and oxygen atoms in total. The zero-order chi connectivity index (χ0) is 13.9. The zero-order valence-electron chi connectivity index (χ0n) is 11.9. The van der Waals surface area contributed by atoms with Crippen LogP contribution in [-0.4, -0.2) is 34.1 Å². The molecule has 0 radical (unpaired) electrons. The van der Waals surface area contributed by atoms with Crippen molar-refractivity contribution in [3.63, 3.8) is 0 Å². The molecule has 20 heavy (non-hydrogen) atoms.